The van der Waals surface area contributed by atoms with Crippen LogP contribution in [0.5, 0.6) is 5.75 Å². The Labute approximate surface area is 155 Å². The van der Waals surface area contributed by atoms with Crippen LogP contribution in [0.15, 0.2) is 18.2 Å². The summed E-state index contributed by atoms with van der Waals surface area (Å²) in [6.07, 6.45) is 3.79. The molecule has 0 aromatic heterocycles. The average Bonchev–Trinajstić information content (AvgIpc) is 2.68. The van der Waals surface area contributed by atoms with Gasteiger partial charge in [0, 0.05) is 6.42 Å². The Bertz CT molecular complexity index is 698. The molecule has 3 rings (SSSR count). The first-order valence-corrected chi connectivity index (χ1v) is 9.26. The minimum absolute atomic E-state index is 0.0728. The predicted molar refractivity (Wildman–Crippen MR) is 97.0 cm³/mol. The lowest BCUT2D eigenvalue weighted by Gasteiger charge is -2.50. The summed E-state index contributed by atoms with van der Waals surface area (Å²) >= 11 is 0. The molecule has 0 heterocycles. The first-order chi connectivity index (χ1) is 12.4. The van der Waals surface area contributed by atoms with Crippen molar-refractivity contribution in [2.45, 2.75) is 44.9 Å². The van der Waals surface area contributed by atoms with Crippen molar-refractivity contribution in [1.82, 2.24) is 0 Å². The van der Waals surface area contributed by atoms with Crippen LogP contribution in [0.3, 0.4) is 0 Å². The number of aryl methyl sites for hydroxylation is 1. The smallest absolute Gasteiger partial charge is 0.311 e. The van der Waals surface area contributed by atoms with E-state index >= 15 is 0 Å². The van der Waals surface area contributed by atoms with Crippen LogP contribution in [0.25, 0.3) is 0 Å². The van der Waals surface area contributed by atoms with Gasteiger partial charge in [-0.3, -0.25) is 9.59 Å². The van der Waals surface area contributed by atoms with Crippen LogP contribution >= 0.6 is 0 Å². The molecule has 0 amide bonds. The zero-order valence-electron chi connectivity index (χ0n) is 16.0. The fourth-order valence-electron chi connectivity index (χ4n) is 5.13. The molecular formula is C21H28O5. The average molecular weight is 360 g/mol. The van der Waals surface area contributed by atoms with Gasteiger partial charge in [0.15, 0.2) is 0 Å². The Hall–Kier alpha value is -2.04. The van der Waals surface area contributed by atoms with Crippen molar-refractivity contribution in [3.8, 4) is 5.75 Å². The highest BCUT2D eigenvalue weighted by Crippen LogP contribution is 2.56. The molecule has 2 aliphatic rings. The molecule has 1 aromatic carbocycles. The molecule has 0 saturated heterocycles. The van der Waals surface area contributed by atoms with E-state index in [0.717, 1.165) is 25.0 Å². The number of methoxy groups -OCH3 is 3. The summed E-state index contributed by atoms with van der Waals surface area (Å²) in [5.41, 5.74) is 2.02. The van der Waals surface area contributed by atoms with Gasteiger partial charge in [0.1, 0.15) is 5.75 Å². The maximum Gasteiger partial charge on any atom is 0.311 e. The van der Waals surface area contributed by atoms with Crippen LogP contribution < -0.4 is 4.74 Å². The summed E-state index contributed by atoms with van der Waals surface area (Å²) in [7, 11) is 4.51. The van der Waals surface area contributed by atoms with E-state index in [1.165, 1.54) is 25.3 Å². The van der Waals surface area contributed by atoms with Crippen molar-refractivity contribution in [2.24, 2.45) is 17.3 Å². The molecule has 1 unspecified atom stereocenters. The van der Waals surface area contributed by atoms with Gasteiger partial charge in [0.05, 0.1) is 26.7 Å². The van der Waals surface area contributed by atoms with E-state index in [2.05, 4.69) is 12.1 Å². The first kappa shape index (κ1) is 18.7. The molecule has 1 saturated carbocycles. The molecule has 1 aromatic rings. The quantitative estimate of drug-likeness (QED) is 0.769. The maximum absolute atomic E-state index is 12.6. The molecule has 0 aliphatic heterocycles. The van der Waals surface area contributed by atoms with E-state index in [9.17, 15) is 9.59 Å². The molecule has 5 heteroatoms. The van der Waals surface area contributed by atoms with Crippen molar-refractivity contribution in [2.75, 3.05) is 21.3 Å². The summed E-state index contributed by atoms with van der Waals surface area (Å²) in [5.74, 6) is 0.960. The second-order valence-electron chi connectivity index (χ2n) is 7.71. The van der Waals surface area contributed by atoms with Crippen LogP contribution in [-0.4, -0.2) is 33.3 Å². The van der Waals surface area contributed by atoms with E-state index in [-0.39, 0.29) is 30.2 Å². The van der Waals surface area contributed by atoms with Crippen LogP contribution in [-0.2, 0) is 25.5 Å². The van der Waals surface area contributed by atoms with Crippen molar-refractivity contribution < 1.29 is 23.8 Å². The minimum atomic E-state index is -0.645. The van der Waals surface area contributed by atoms with E-state index in [4.69, 9.17) is 14.2 Å². The molecule has 1 fully saturated rings. The lowest BCUT2D eigenvalue weighted by molar-refractivity contribution is -0.163. The van der Waals surface area contributed by atoms with Gasteiger partial charge >= 0.3 is 11.9 Å². The van der Waals surface area contributed by atoms with Gasteiger partial charge in [-0.05, 0) is 73.6 Å². The first-order valence-electron chi connectivity index (χ1n) is 9.26. The standard InChI is InChI=1S/C21H28O5/c1-21(20(23)26-4)10-9-16-15-8-6-14(24-2)11-13(15)5-7-17(16)18(21)12-19(22)25-3/h6,8,11,16-18H,5,7,9-10,12H2,1-4H3/t16-,17-,18?,21+/m1/s1. The summed E-state index contributed by atoms with van der Waals surface area (Å²) in [6, 6.07) is 6.28. The third-order valence-corrected chi connectivity index (χ3v) is 6.59. The van der Waals surface area contributed by atoms with Crippen molar-refractivity contribution in [3.05, 3.63) is 29.3 Å². The lowest BCUT2D eigenvalue weighted by atomic mass is 9.54. The van der Waals surface area contributed by atoms with Crippen LogP contribution in [0, 0.1) is 17.3 Å². The molecule has 0 spiro atoms. The molecule has 0 radical (unpaired) electrons. The summed E-state index contributed by atoms with van der Waals surface area (Å²) in [6.45, 7) is 1.95. The van der Waals surface area contributed by atoms with Gasteiger partial charge in [-0.15, -0.1) is 0 Å². The fraction of sp³-hybridized carbons (Fsp3) is 0.619. The highest BCUT2D eigenvalue weighted by molar-refractivity contribution is 5.79. The summed E-state index contributed by atoms with van der Waals surface area (Å²) in [4.78, 5) is 24.7. The van der Waals surface area contributed by atoms with Crippen LogP contribution in [0.2, 0.25) is 0 Å². The zero-order chi connectivity index (χ0) is 18.9. The molecule has 0 bridgehead atoms. The number of esters is 2. The molecule has 5 nitrogen and oxygen atoms in total. The third kappa shape index (κ3) is 3.08. The van der Waals surface area contributed by atoms with E-state index in [0.29, 0.717) is 12.3 Å². The van der Waals surface area contributed by atoms with Gasteiger partial charge in [0.25, 0.3) is 0 Å². The van der Waals surface area contributed by atoms with E-state index in [1.54, 1.807) is 7.11 Å². The van der Waals surface area contributed by atoms with Gasteiger partial charge in [0.2, 0.25) is 0 Å². The maximum atomic E-state index is 12.6. The minimum Gasteiger partial charge on any atom is -0.497 e. The molecule has 2 aliphatic carbocycles. The molecular weight excluding hydrogens is 332 g/mol. The van der Waals surface area contributed by atoms with Crippen LogP contribution in [0.4, 0.5) is 0 Å². The number of rotatable bonds is 4. The number of benzene rings is 1. The molecule has 26 heavy (non-hydrogen) atoms. The number of fused-ring (bicyclic) bond motifs is 3. The number of carbonyl (C=O) groups excluding carboxylic acids is 2. The Kier molecular flexibility index (Phi) is 5.26. The number of hydrogen-bond acceptors (Lipinski definition) is 5. The molecule has 0 N–H and O–H groups in total. The number of hydrogen-bond donors (Lipinski definition) is 0. The largest absolute Gasteiger partial charge is 0.497 e. The molecule has 142 valence electrons. The Morgan fingerprint density at radius 3 is 2.58 bits per heavy atom. The second-order valence-corrected chi connectivity index (χ2v) is 7.71. The topological polar surface area (TPSA) is 61.8 Å². The van der Waals surface area contributed by atoms with Gasteiger partial charge in [-0.1, -0.05) is 6.07 Å². The van der Waals surface area contributed by atoms with Gasteiger partial charge < -0.3 is 14.2 Å². The Morgan fingerprint density at radius 2 is 1.92 bits per heavy atom. The Balaban J connectivity index is 1.97. The normalized spacial score (nSPS) is 29.9. The highest BCUT2D eigenvalue weighted by atomic mass is 16.5. The monoisotopic (exact) mass is 360 g/mol. The Morgan fingerprint density at radius 1 is 1.15 bits per heavy atom. The third-order valence-electron chi connectivity index (χ3n) is 6.59. The van der Waals surface area contributed by atoms with Crippen molar-refractivity contribution in [1.29, 1.82) is 0 Å². The second kappa shape index (κ2) is 7.29. The van der Waals surface area contributed by atoms with E-state index in [1.807, 2.05) is 13.0 Å². The SMILES string of the molecule is COC(=O)CC1[C@@H]2CCc3cc(OC)ccc3[C@H]2CC[C@]1(C)C(=O)OC. The summed E-state index contributed by atoms with van der Waals surface area (Å²) in [5, 5.41) is 0. The van der Waals surface area contributed by atoms with Crippen molar-refractivity contribution in [3.63, 3.8) is 0 Å². The van der Waals surface area contributed by atoms with E-state index < -0.39 is 5.41 Å². The predicted octanol–water partition coefficient (Wildman–Crippen LogP) is 3.49. The lowest BCUT2D eigenvalue weighted by Crippen LogP contribution is -2.48. The number of carbonyl (C=O) groups is 2. The molecule has 4 atom stereocenters. The van der Waals surface area contributed by atoms with Gasteiger partial charge in [-0.2, -0.15) is 0 Å². The number of ether oxygens (including phenoxy) is 3. The van der Waals surface area contributed by atoms with Crippen LogP contribution in [0.1, 0.15) is 49.7 Å². The van der Waals surface area contributed by atoms with Gasteiger partial charge in [-0.25, -0.2) is 0 Å². The van der Waals surface area contributed by atoms with Crippen molar-refractivity contribution >= 4 is 11.9 Å². The highest BCUT2D eigenvalue weighted by Gasteiger charge is 2.53. The fourth-order valence-corrected chi connectivity index (χ4v) is 5.13. The summed E-state index contributed by atoms with van der Waals surface area (Å²) < 4.78 is 15.4. The zero-order valence-corrected chi connectivity index (χ0v) is 16.0.